The number of cyclic esters (lactones) is 1. The van der Waals surface area contributed by atoms with E-state index in [1.807, 2.05) is 6.92 Å². The van der Waals surface area contributed by atoms with E-state index in [9.17, 15) is 4.79 Å². The lowest BCUT2D eigenvalue weighted by Crippen LogP contribution is -2.33. The van der Waals surface area contributed by atoms with Gasteiger partial charge in [-0.2, -0.15) is 0 Å². The zero-order valence-electron chi connectivity index (χ0n) is 9.21. The van der Waals surface area contributed by atoms with Crippen LogP contribution in [-0.4, -0.2) is 12.1 Å². The second-order valence-electron chi connectivity index (χ2n) is 5.17. The molecule has 0 bridgehead atoms. The molecule has 0 aromatic carbocycles. The highest BCUT2D eigenvalue weighted by atomic mass is 16.6. The lowest BCUT2D eigenvalue weighted by atomic mass is 9.68. The molecule has 2 fully saturated rings. The third-order valence-corrected chi connectivity index (χ3v) is 3.99. The fraction of sp³-hybridized carbons (Fsp3) is 0.917. The molecule has 0 unspecified atom stereocenters. The zero-order chi connectivity index (χ0) is 10.2. The third kappa shape index (κ3) is 1.55. The minimum Gasteiger partial charge on any atom is -0.462 e. The van der Waals surface area contributed by atoms with Gasteiger partial charge in [-0.15, -0.1) is 0 Å². The Bertz CT molecular complexity index is 230. The van der Waals surface area contributed by atoms with Crippen molar-refractivity contribution in [3.63, 3.8) is 0 Å². The molecule has 0 amide bonds. The molecule has 0 aromatic rings. The fourth-order valence-corrected chi connectivity index (χ4v) is 3.11. The number of ether oxygens (including phenoxy) is 1. The Morgan fingerprint density at radius 1 is 1.29 bits per heavy atom. The number of rotatable bonds is 1. The van der Waals surface area contributed by atoms with E-state index < -0.39 is 0 Å². The monoisotopic (exact) mass is 196 g/mol. The molecule has 80 valence electrons. The van der Waals surface area contributed by atoms with Crippen molar-refractivity contribution in [1.29, 1.82) is 0 Å². The molecule has 2 nitrogen and oxygen atoms in total. The highest BCUT2D eigenvalue weighted by Crippen LogP contribution is 2.46. The van der Waals surface area contributed by atoms with Crippen molar-refractivity contribution in [2.24, 2.45) is 11.3 Å². The van der Waals surface area contributed by atoms with Crippen LogP contribution in [0.5, 0.6) is 0 Å². The minimum atomic E-state index is -0.167. The number of carbonyl (C=O) groups is 1. The summed E-state index contributed by atoms with van der Waals surface area (Å²) in [5, 5.41) is 0. The van der Waals surface area contributed by atoms with Crippen molar-refractivity contribution in [2.45, 2.75) is 58.5 Å². The van der Waals surface area contributed by atoms with E-state index in [1.165, 1.54) is 32.1 Å². The van der Waals surface area contributed by atoms with Crippen LogP contribution in [0.2, 0.25) is 0 Å². The van der Waals surface area contributed by atoms with Crippen LogP contribution in [0.25, 0.3) is 0 Å². The van der Waals surface area contributed by atoms with Crippen molar-refractivity contribution < 1.29 is 9.53 Å². The lowest BCUT2D eigenvalue weighted by Gasteiger charge is -2.33. The standard InChI is InChI=1S/C12H20O2/c1-9-8-12(2,11(13)14-9)10-6-4-3-5-7-10/h9-10H,3-8H2,1-2H3/t9-,12+/m0/s1. The van der Waals surface area contributed by atoms with E-state index in [2.05, 4.69) is 6.92 Å². The number of hydrogen-bond acceptors (Lipinski definition) is 2. The smallest absolute Gasteiger partial charge is 0.312 e. The summed E-state index contributed by atoms with van der Waals surface area (Å²) < 4.78 is 5.29. The van der Waals surface area contributed by atoms with E-state index in [0.29, 0.717) is 5.92 Å². The van der Waals surface area contributed by atoms with Crippen LogP contribution in [-0.2, 0) is 9.53 Å². The van der Waals surface area contributed by atoms with E-state index in [1.54, 1.807) is 0 Å². The SMILES string of the molecule is C[C@H]1C[C@](C)(C2CCCCC2)C(=O)O1. The summed E-state index contributed by atoms with van der Waals surface area (Å²) in [7, 11) is 0. The largest absolute Gasteiger partial charge is 0.462 e. The van der Waals surface area contributed by atoms with Gasteiger partial charge in [-0.3, -0.25) is 4.79 Å². The summed E-state index contributed by atoms with van der Waals surface area (Å²) in [4.78, 5) is 11.8. The first-order valence-electron chi connectivity index (χ1n) is 5.84. The molecule has 0 radical (unpaired) electrons. The molecule has 1 saturated carbocycles. The van der Waals surface area contributed by atoms with Gasteiger partial charge in [0, 0.05) is 6.42 Å². The molecule has 14 heavy (non-hydrogen) atoms. The van der Waals surface area contributed by atoms with Gasteiger partial charge in [-0.25, -0.2) is 0 Å². The quantitative estimate of drug-likeness (QED) is 0.603. The Hall–Kier alpha value is -0.530. The molecule has 1 saturated heterocycles. The maximum atomic E-state index is 11.8. The molecule has 0 aromatic heterocycles. The topological polar surface area (TPSA) is 26.3 Å². The zero-order valence-corrected chi connectivity index (χ0v) is 9.21. The molecule has 0 N–H and O–H groups in total. The summed E-state index contributed by atoms with van der Waals surface area (Å²) in [6.07, 6.45) is 7.43. The molecule has 0 spiro atoms. The summed E-state index contributed by atoms with van der Waals surface area (Å²) >= 11 is 0. The van der Waals surface area contributed by atoms with Crippen LogP contribution in [0.1, 0.15) is 52.4 Å². The van der Waals surface area contributed by atoms with Crippen LogP contribution >= 0.6 is 0 Å². The van der Waals surface area contributed by atoms with Gasteiger partial charge in [0.25, 0.3) is 0 Å². The van der Waals surface area contributed by atoms with Crippen molar-refractivity contribution in [3.05, 3.63) is 0 Å². The summed E-state index contributed by atoms with van der Waals surface area (Å²) in [6.45, 7) is 4.11. The summed E-state index contributed by atoms with van der Waals surface area (Å²) in [5.41, 5.74) is -0.167. The van der Waals surface area contributed by atoms with Crippen LogP contribution < -0.4 is 0 Å². The Kier molecular flexibility index (Phi) is 2.54. The molecule has 2 aliphatic rings. The lowest BCUT2D eigenvalue weighted by molar-refractivity contribution is -0.150. The van der Waals surface area contributed by atoms with Crippen LogP contribution in [0.15, 0.2) is 0 Å². The number of hydrogen-bond donors (Lipinski definition) is 0. The molecular weight excluding hydrogens is 176 g/mol. The van der Waals surface area contributed by atoms with Crippen molar-refractivity contribution in [1.82, 2.24) is 0 Å². The van der Waals surface area contributed by atoms with Crippen molar-refractivity contribution in [2.75, 3.05) is 0 Å². The van der Waals surface area contributed by atoms with E-state index >= 15 is 0 Å². The van der Waals surface area contributed by atoms with E-state index in [4.69, 9.17) is 4.74 Å². The predicted molar refractivity (Wildman–Crippen MR) is 54.9 cm³/mol. The van der Waals surface area contributed by atoms with Gasteiger partial charge in [0.15, 0.2) is 0 Å². The molecular formula is C12H20O2. The molecule has 2 heteroatoms. The van der Waals surface area contributed by atoms with Gasteiger partial charge < -0.3 is 4.74 Å². The van der Waals surface area contributed by atoms with Crippen LogP contribution in [0.4, 0.5) is 0 Å². The highest BCUT2D eigenvalue weighted by molar-refractivity contribution is 5.79. The van der Waals surface area contributed by atoms with E-state index in [0.717, 1.165) is 6.42 Å². The Morgan fingerprint density at radius 3 is 2.43 bits per heavy atom. The van der Waals surface area contributed by atoms with Crippen LogP contribution in [0, 0.1) is 11.3 Å². The Balaban J connectivity index is 2.10. The average Bonchev–Trinajstić information content (AvgIpc) is 2.43. The molecule has 1 aliphatic heterocycles. The van der Waals surface area contributed by atoms with Gasteiger partial charge in [-0.05, 0) is 32.6 Å². The first kappa shape index (κ1) is 10.0. The predicted octanol–water partition coefficient (Wildman–Crippen LogP) is 2.91. The van der Waals surface area contributed by atoms with Gasteiger partial charge in [0.1, 0.15) is 6.10 Å². The van der Waals surface area contributed by atoms with Gasteiger partial charge in [0.05, 0.1) is 5.41 Å². The third-order valence-electron chi connectivity index (χ3n) is 3.99. The maximum absolute atomic E-state index is 11.8. The van der Waals surface area contributed by atoms with Crippen LogP contribution in [0.3, 0.4) is 0 Å². The minimum absolute atomic E-state index is 0.0527. The molecule has 2 atom stereocenters. The highest BCUT2D eigenvalue weighted by Gasteiger charge is 2.48. The normalized spacial score (nSPS) is 39.9. The summed E-state index contributed by atoms with van der Waals surface area (Å²) in [5.74, 6) is 0.630. The second-order valence-corrected chi connectivity index (χ2v) is 5.17. The van der Waals surface area contributed by atoms with E-state index in [-0.39, 0.29) is 17.5 Å². The second kappa shape index (κ2) is 3.56. The fourth-order valence-electron chi connectivity index (χ4n) is 3.11. The first-order chi connectivity index (χ1) is 6.63. The maximum Gasteiger partial charge on any atom is 0.312 e. The first-order valence-corrected chi connectivity index (χ1v) is 5.84. The number of esters is 1. The average molecular weight is 196 g/mol. The van der Waals surface area contributed by atoms with Crippen molar-refractivity contribution >= 4 is 5.97 Å². The van der Waals surface area contributed by atoms with Gasteiger partial charge >= 0.3 is 5.97 Å². The van der Waals surface area contributed by atoms with Gasteiger partial charge in [-0.1, -0.05) is 19.3 Å². The molecule has 2 rings (SSSR count). The number of carbonyl (C=O) groups excluding carboxylic acids is 1. The Labute approximate surface area is 86.0 Å². The summed E-state index contributed by atoms with van der Waals surface area (Å²) in [6, 6.07) is 0. The molecule has 1 aliphatic carbocycles. The van der Waals surface area contributed by atoms with Crippen molar-refractivity contribution in [3.8, 4) is 0 Å². The van der Waals surface area contributed by atoms with Gasteiger partial charge in [0.2, 0.25) is 0 Å². The Morgan fingerprint density at radius 2 is 1.93 bits per heavy atom. The molecule has 1 heterocycles.